The van der Waals surface area contributed by atoms with Gasteiger partial charge in [0, 0.05) is 24.4 Å². The smallest absolute Gasteiger partial charge is 0.275 e. The van der Waals surface area contributed by atoms with Gasteiger partial charge >= 0.3 is 0 Å². The van der Waals surface area contributed by atoms with E-state index >= 15 is 0 Å². The number of likely N-dealkylation sites (tertiary alicyclic amines) is 1. The lowest BCUT2D eigenvalue weighted by Gasteiger charge is -2.20. The first-order chi connectivity index (χ1) is 10.7. The van der Waals surface area contributed by atoms with Crippen LogP contribution in [0.15, 0.2) is 41.8 Å². The predicted molar refractivity (Wildman–Crippen MR) is 90.3 cm³/mol. The molecule has 5 heteroatoms. The van der Waals surface area contributed by atoms with Gasteiger partial charge in [-0.15, -0.1) is 11.3 Å². The van der Waals surface area contributed by atoms with E-state index in [2.05, 4.69) is 22.8 Å². The lowest BCUT2D eigenvalue weighted by Crippen LogP contribution is -3.11. The molecule has 2 heterocycles. The van der Waals surface area contributed by atoms with Crippen molar-refractivity contribution >= 4 is 28.8 Å². The molecule has 1 amide bonds. The third kappa shape index (κ3) is 3.69. The van der Waals surface area contributed by atoms with Gasteiger partial charge in [-0.2, -0.15) is 0 Å². The molecule has 3 nitrogen and oxygen atoms in total. The maximum absolute atomic E-state index is 12.2. The lowest BCUT2D eigenvalue weighted by atomic mass is 10.2. The van der Waals surface area contributed by atoms with Crippen LogP contribution in [0.3, 0.4) is 0 Å². The van der Waals surface area contributed by atoms with E-state index in [4.69, 9.17) is 11.6 Å². The number of carbonyl (C=O) groups is 1. The van der Waals surface area contributed by atoms with Gasteiger partial charge in [-0.25, -0.2) is 0 Å². The highest BCUT2D eigenvalue weighted by atomic mass is 35.5. The number of amides is 1. The molecule has 22 heavy (non-hydrogen) atoms. The SMILES string of the molecule is O=C(C[NH+]1CCC[C@@H]1c1cccs1)NCc1ccccc1Cl. The fourth-order valence-electron chi connectivity index (χ4n) is 3.06. The Morgan fingerprint density at radius 2 is 2.18 bits per heavy atom. The fraction of sp³-hybridized carbons (Fsp3) is 0.353. The van der Waals surface area contributed by atoms with Crippen molar-refractivity contribution < 1.29 is 9.69 Å². The highest BCUT2D eigenvalue weighted by molar-refractivity contribution is 7.10. The molecule has 1 aromatic heterocycles. The molecule has 1 saturated heterocycles. The van der Waals surface area contributed by atoms with Crippen LogP contribution in [0.5, 0.6) is 0 Å². The zero-order valence-electron chi connectivity index (χ0n) is 12.3. The summed E-state index contributed by atoms with van der Waals surface area (Å²) in [5.74, 6) is 0.0957. The average molecular weight is 336 g/mol. The van der Waals surface area contributed by atoms with Crippen LogP contribution in [-0.4, -0.2) is 19.0 Å². The van der Waals surface area contributed by atoms with E-state index in [1.54, 1.807) is 11.3 Å². The molecule has 2 aromatic rings. The molecule has 2 atom stereocenters. The topological polar surface area (TPSA) is 33.5 Å². The number of rotatable bonds is 5. The Bertz CT molecular complexity index is 629. The molecule has 0 spiro atoms. The van der Waals surface area contributed by atoms with Crippen molar-refractivity contribution in [3.8, 4) is 0 Å². The second-order valence-corrected chi connectivity index (χ2v) is 7.05. The Morgan fingerprint density at radius 1 is 1.32 bits per heavy atom. The van der Waals surface area contributed by atoms with Crippen LogP contribution in [0.2, 0.25) is 5.02 Å². The van der Waals surface area contributed by atoms with E-state index < -0.39 is 0 Å². The first-order valence-electron chi connectivity index (χ1n) is 7.62. The maximum Gasteiger partial charge on any atom is 0.275 e. The summed E-state index contributed by atoms with van der Waals surface area (Å²) in [5.41, 5.74) is 0.962. The van der Waals surface area contributed by atoms with Crippen LogP contribution in [-0.2, 0) is 11.3 Å². The Labute approximate surface area is 139 Å². The van der Waals surface area contributed by atoms with Crippen LogP contribution < -0.4 is 10.2 Å². The molecule has 1 aliphatic heterocycles. The van der Waals surface area contributed by atoms with Crippen LogP contribution >= 0.6 is 22.9 Å². The van der Waals surface area contributed by atoms with Crippen molar-refractivity contribution in [1.29, 1.82) is 0 Å². The summed E-state index contributed by atoms with van der Waals surface area (Å²) in [6.07, 6.45) is 2.36. The largest absolute Gasteiger partial charge is 0.347 e. The zero-order valence-corrected chi connectivity index (χ0v) is 13.9. The van der Waals surface area contributed by atoms with Crippen LogP contribution in [0.25, 0.3) is 0 Å². The van der Waals surface area contributed by atoms with Crippen LogP contribution in [0.4, 0.5) is 0 Å². The van der Waals surface area contributed by atoms with Crippen molar-refractivity contribution in [1.82, 2.24) is 5.32 Å². The van der Waals surface area contributed by atoms with Crippen molar-refractivity contribution in [3.63, 3.8) is 0 Å². The van der Waals surface area contributed by atoms with Crippen molar-refractivity contribution in [2.24, 2.45) is 0 Å². The average Bonchev–Trinajstić information content (AvgIpc) is 3.17. The lowest BCUT2D eigenvalue weighted by molar-refractivity contribution is -0.910. The maximum atomic E-state index is 12.2. The number of thiophene rings is 1. The minimum atomic E-state index is 0.0957. The predicted octanol–water partition coefficient (Wildman–Crippen LogP) is 2.44. The monoisotopic (exact) mass is 335 g/mol. The van der Waals surface area contributed by atoms with Crippen molar-refractivity contribution in [2.45, 2.75) is 25.4 Å². The fourth-order valence-corrected chi connectivity index (χ4v) is 4.18. The quantitative estimate of drug-likeness (QED) is 0.864. The van der Waals surface area contributed by atoms with Crippen molar-refractivity contribution in [3.05, 3.63) is 57.2 Å². The van der Waals surface area contributed by atoms with Gasteiger partial charge < -0.3 is 10.2 Å². The third-order valence-corrected chi connectivity index (χ3v) is 5.55. The van der Waals surface area contributed by atoms with Gasteiger partial charge in [0.1, 0.15) is 6.04 Å². The Kier molecular flexibility index (Phi) is 5.13. The molecule has 1 aliphatic rings. The minimum absolute atomic E-state index is 0.0957. The number of hydrogen-bond acceptors (Lipinski definition) is 2. The zero-order chi connectivity index (χ0) is 15.4. The molecule has 3 rings (SSSR count). The van der Waals surface area contributed by atoms with Gasteiger partial charge in [0.25, 0.3) is 5.91 Å². The molecule has 1 aromatic carbocycles. The molecule has 0 aliphatic carbocycles. The Hall–Kier alpha value is -1.36. The van der Waals surface area contributed by atoms with E-state index in [1.807, 2.05) is 24.3 Å². The molecular weight excluding hydrogens is 316 g/mol. The number of carbonyl (C=O) groups excluding carboxylic acids is 1. The molecule has 0 saturated carbocycles. The van der Waals surface area contributed by atoms with Gasteiger partial charge in [0.05, 0.1) is 11.4 Å². The summed E-state index contributed by atoms with van der Waals surface area (Å²) in [4.78, 5) is 15.0. The van der Waals surface area contributed by atoms with Gasteiger partial charge in [0.15, 0.2) is 6.54 Å². The summed E-state index contributed by atoms with van der Waals surface area (Å²) < 4.78 is 0. The van der Waals surface area contributed by atoms with Crippen LogP contribution in [0, 0.1) is 0 Å². The first kappa shape index (κ1) is 15.5. The number of hydrogen-bond donors (Lipinski definition) is 2. The summed E-state index contributed by atoms with van der Waals surface area (Å²) in [6, 6.07) is 12.4. The summed E-state index contributed by atoms with van der Waals surface area (Å²) in [6.45, 7) is 2.10. The number of nitrogens with one attached hydrogen (secondary N) is 2. The molecule has 1 unspecified atom stereocenters. The number of quaternary nitrogens is 1. The van der Waals surface area contributed by atoms with Gasteiger partial charge in [-0.1, -0.05) is 35.9 Å². The van der Waals surface area contributed by atoms with E-state index in [-0.39, 0.29) is 5.91 Å². The minimum Gasteiger partial charge on any atom is -0.347 e. The Morgan fingerprint density at radius 3 is 2.95 bits per heavy atom. The summed E-state index contributed by atoms with van der Waals surface area (Å²) >= 11 is 7.91. The van der Waals surface area contributed by atoms with Gasteiger partial charge in [0.2, 0.25) is 0 Å². The van der Waals surface area contributed by atoms with Gasteiger partial charge in [-0.05, 0) is 23.1 Å². The number of halogens is 1. The second-order valence-electron chi connectivity index (χ2n) is 5.66. The highest BCUT2D eigenvalue weighted by Crippen LogP contribution is 2.23. The molecule has 0 bridgehead atoms. The standard InChI is InChI=1S/C17H19ClN2OS/c18-14-6-2-1-5-13(14)11-19-17(21)12-20-9-3-7-15(20)16-8-4-10-22-16/h1-2,4-6,8,10,15H,3,7,9,11-12H2,(H,19,21)/p+1/t15-/m1/s1. The summed E-state index contributed by atoms with van der Waals surface area (Å²) in [5, 5.41) is 5.81. The normalized spacial score (nSPS) is 21.0. The van der Waals surface area contributed by atoms with Gasteiger partial charge in [-0.3, -0.25) is 4.79 Å². The Balaban J connectivity index is 1.54. The molecule has 2 N–H and O–H groups in total. The third-order valence-electron chi connectivity index (χ3n) is 4.19. The molecule has 0 radical (unpaired) electrons. The highest BCUT2D eigenvalue weighted by Gasteiger charge is 2.32. The molecular formula is C17H20ClN2OS+. The van der Waals surface area contributed by atoms with E-state index in [9.17, 15) is 4.79 Å². The van der Waals surface area contributed by atoms with Crippen molar-refractivity contribution in [2.75, 3.05) is 13.1 Å². The number of benzene rings is 1. The van der Waals surface area contributed by atoms with E-state index in [0.717, 1.165) is 12.1 Å². The molecule has 1 fully saturated rings. The second kappa shape index (κ2) is 7.27. The molecule has 116 valence electrons. The van der Waals surface area contributed by atoms with Crippen LogP contribution in [0.1, 0.15) is 29.3 Å². The van der Waals surface area contributed by atoms with E-state index in [0.29, 0.717) is 24.2 Å². The first-order valence-corrected chi connectivity index (χ1v) is 8.88. The summed E-state index contributed by atoms with van der Waals surface area (Å²) in [7, 11) is 0. The van der Waals surface area contributed by atoms with E-state index in [1.165, 1.54) is 22.6 Å².